The summed E-state index contributed by atoms with van der Waals surface area (Å²) in [6.45, 7) is 4.79. The zero-order valence-corrected chi connectivity index (χ0v) is 11.9. The monoisotopic (exact) mass is 282 g/mol. The lowest BCUT2D eigenvalue weighted by atomic mass is 10.1. The van der Waals surface area contributed by atoms with Gasteiger partial charge in [0.15, 0.2) is 0 Å². The van der Waals surface area contributed by atoms with Crippen LogP contribution in [-0.4, -0.2) is 34.2 Å². The van der Waals surface area contributed by atoms with Crippen LogP contribution in [0, 0.1) is 10.1 Å². The second kappa shape index (κ2) is 8.31. The normalized spacial score (nSPS) is 11.9. The molecule has 0 aliphatic carbocycles. The average Bonchev–Trinajstić information content (AvgIpc) is 2.44. The van der Waals surface area contributed by atoms with E-state index in [1.807, 2.05) is 13.8 Å². The zero-order valence-electron chi connectivity index (χ0n) is 11.9. The summed E-state index contributed by atoms with van der Waals surface area (Å²) in [5.41, 5.74) is -0.0524. The molecule has 7 nitrogen and oxygen atoms in total. The van der Waals surface area contributed by atoms with Crippen LogP contribution in [0.4, 0.5) is 17.3 Å². The fourth-order valence-corrected chi connectivity index (χ4v) is 1.78. The average molecular weight is 282 g/mol. The number of nitrogens with zero attached hydrogens (tertiary/aromatic N) is 2. The summed E-state index contributed by atoms with van der Waals surface area (Å²) in [6.07, 6.45) is 2.23. The maximum absolute atomic E-state index is 11.0. The largest absolute Gasteiger partial charge is 0.396 e. The number of anilines is 2. The lowest BCUT2D eigenvalue weighted by Crippen LogP contribution is -2.21. The molecule has 0 aromatic carbocycles. The van der Waals surface area contributed by atoms with Gasteiger partial charge < -0.3 is 15.7 Å². The second-order valence-corrected chi connectivity index (χ2v) is 4.51. The van der Waals surface area contributed by atoms with E-state index in [-0.39, 0.29) is 24.2 Å². The SMILES string of the molecule is CCCNc1ccc([N+](=O)[O-])c(NC(CC)CCO)n1. The van der Waals surface area contributed by atoms with E-state index in [9.17, 15) is 10.1 Å². The Labute approximate surface area is 118 Å². The van der Waals surface area contributed by atoms with Gasteiger partial charge in [-0.2, -0.15) is 0 Å². The highest BCUT2D eigenvalue weighted by atomic mass is 16.6. The van der Waals surface area contributed by atoms with Crippen LogP contribution in [0.25, 0.3) is 0 Å². The van der Waals surface area contributed by atoms with E-state index in [0.717, 1.165) is 19.4 Å². The summed E-state index contributed by atoms with van der Waals surface area (Å²) in [6, 6.07) is 3.01. The molecule has 1 atom stereocenters. The number of nitro groups is 1. The lowest BCUT2D eigenvalue weighted by molar-refractivity contribution is -0.384. The van der Waals surface area contributed by atoms with E-state index in [4.69, 9.17) is 5.11 Å². The topological polar surface area (TPSA) is 100 Å². The van der Waals surface area contributed by atoms with Crippen LogP contribution in [0.5, 0.6) is 0 Å². The molecule has 0 fully saturated rings. The molecule has 1 aromatic heterocycles. The molecule has 1 aromatic rings. The summed E-state index contributed by atoms with van der Waals surface area (Å²) in [4.78, 5) is 14.8. The Kier molecular flexibility index (Phi) is 6.72. The van der Waals surface area contributed by atoms with E-state index in [0.29, 0.717) is 12.2 Å². The van der Waals surface area contributed by atoms with Crippen molar-refractivity contribution in [2.75, 3.05) is 23.8 Å². The number of aromatic nitrogens is 1. The minimum absolute atomic E-state index is 0.0346. The minimum Gasteiger partial charge on any atom is -0.396 e. The Morgan fingerprint density at radius 1 is 1.45 bits per heavy atom. The van der Waals surface area contributed by atoms with Crippen LogP contribution in [0.1, 0.15) is 33.1 Å². The van der Waals surface area contributed by atoms with Gasteiger partial charge in [0.2, 0.25) is 5.82 Å². The Bertz CT molecular complexity index is 440. The van der Waals surface area contributed by atoms with Gasteiger partial charge >= 0.3 is 5.69 Å². The van der Waals surface area contributed by atoms with Crippen LogP contribution < -0.4 is 10.6 Å². The van der Waals surface area contributed by atoms with Crippen molar-refractivity contribution < 1.29 is 10.0 Å². The third-order valence-electron chi connectivity index (χ3n) is 2.94. The van der Waals surface area contributed by atoms with Crippen molar-refractivity contribution in [2.24, 2.45) is 0 Å². The van der Waals surface area contributed by atoms with Gasteiger partial charge in [0, 0.05) is 25.3 Å². The fraction of sp³-hybridized carbons (Fsp3) is 0.615. The Morgan fingerprint density at radius 2 is 2.20 bits per heavy atom. The van der Waals surface area contributed by atoms with Gasteiger partial charge in [-0.25, -0.2) is 4.98 Å². The molecule has 0 spiro atoms. The van der Waals surface area contributed by atoms with Crippen molar-refractivity contribution in [1.82, 2.24) is 4.98 Å². The molecule has 0 radical (unpaired) electrons. The molecule has 112 valence electrons. The highest BCUT2D eigenvalue weighted by molar-refractivity contribution is 5.60. The molecule has 1 unspecified atom stereocenters. The van der Waals surface area contributed by atoms with Gasteiger partial charge in [-0.05, 0) is 25.3 Å². The smallest absolute Gasteiger partial charge is 0.311 e. The third kappa shape index (κ3) is 4.65. The van der Waals surface area contributed by atoms with Crippen LogP contribution in [0.3, 0.4) is 0 Å². The van der Waals surface area contributed by atoms with E-state index in [2.05, 4.69) is 15.6 Å². The van der Waals surface area contributed by atoms with Crippen molar-refractivity contribution in [1.29, 1.82) is 0 Å². The molecular weight excluding hydrogens is 260 g/mol. The van der Waals surface area contributed by atoms with Gasteiger partial charge in [-0.3, -0.25) is 10.1 Å². The number of hydrogen-bond acceptors (Lipinski definition) is 6. The van der Waals surface area contributed by atoms with Crippen molar-refractivity contribution in [3.8, 4) is 0 Å². The molecule has 0 aliphatic rings. The molecule has 1 rings (SSSR count). The molecular formula is C13H22N4O3. The quantitative estimate of drug-likeness (QED) is 0.475. The maximum atomic E-state index is 11.0. The first-order valence-electron chi connectivity index (χ1n) is 6.89. The molecule has 0 saturated carbocycles. The molecule has 0 bridgehead atoms. The van der Waals surface area contributed by atoms with E-state index in [1.54, 1.807) is 6.07 Å². The van der Waals surface area contributed by atoms with Crippen molar-refractivity contribution >= 4 is 17.3 Å². The molecule has 0 saturated heterocycles. The second-order valence-electron chi connectivity index (χ2n) is 4.51. The van der Waals surface area contributed by atoms with Gasteiger partial charge in [0.05, 0.1) is 4.92 Å². The van der Waals surface area contributed by atoms with Crippen molar-refractivity contribution in [3.63, 3.8) is 0 Å². The van der Waals surface area contributed by atoms with Crippen LogP contribution in [0.2, 0.25) is 0 Å². The van der Waals surface area contributed by atoms with E-state index >= 15 is 0 Å². The summed E-state index contributed by atoms with van der Waals surface area (Å²) in [7, 11) is 0. The summed E-state index contributed by atoms with van der Waals surface area (Å²) >= 11 is 0. The van der Waals surface area contributed by atoms with E-state index < -0.39 is 4.92 Å². The number of aliphatic hydroxyl groups excluding tert-OH is 1. The predicted octanol–water partition coefficient (Wildman–Crippen LogP) is 2.38. The number of hydrogen-bond donors (Lipinski definition) is 3. The number of nitrogens with one attached hydrogen (secondary N) is 2. The molecule has 0 amide bonds. The minimum atomic E-state index is -0.454. The summed E-state index contributed by atoms with van der Waals surface area (Å²) in [5.74, 6) is 0.857. The summed E-state index contributed by atoms with van der Waals surface area (Å²) < 4.78 is 0. The first-order chi connectivity index (χ1) is 9.62. The van der Waals surface area contributed by atoms with Gasteiger partial charge in [0.25, 0.3) is 0 Å². The molecule has 7 heteroatoms. The molecule has 0 aliphatic heterocycles. The predicted molar refractivity (Wildman–Crippen MR) is 79.1 cm³/mol. The van der Waals surface area contributed by atoms with E-state index in [1.165, 1.54) is 6.07 Å². The van der Waals surface area contributed by atoms with Crippen LogP contribution >= 0.6 is 0 Å². The summed E-state index contributed by atoms with van der Waals surface area (Å²) in [5, 5.41) is 26.2. The molecule has 20 heavy (non-hydrogen) atoms. The first-order valence-corrected chi connectivity index (χ1v) is 6.89. The van der Waals surface area contributed by atoms with Crippen LogP contribution in [0.15, 0.2) is 12.1 Å². The standard InChI is InChI=1S/C13H22N4O3/c1-3-8-14-12-6-5-11(17(19)20)13(16-12)15-10(4-2)7-9-18/h5-6,10,18H,3-4,7-9H2,1-2H3,(H2,14,15,16). The van der Waals surface area contributed by atoms with Crippen LogP contribution in [-0.2, 0) is 0 Å². The fourth-order valence-electron chi connectivity index (χ4n) is 1.78. The maximum Gasteiger partial charge on any atom is 0.311 e. The Morgan fingerprint density at radius 3 is 2.75 bits per heavy atom. The van der Waals surface area contributed by atoms with Gasteiger partial charge in [0.1, 0.15) is 5.82 Å². The van der Waals surface area contributed by atoms with Crippen molar-refractivity contribution in [2.45, 2.75) is 39.2 Å². The highest BCUT2D eigenvalue weighted by Crippen LogP contribution is 2.25. The highest BCUT2D eigenvalue weighted by Gasteiger charge is 2.18. The van der Waals surface area contributed by atoms with Crippen molar-refractivity contribution in [3.05, 3.63) is 22.2 Å². The molecule has 1 heterocycles. The first kappa shape index (κ1) is 16.2. The Balaban J connectivity index is 2.95. The lowest BCUT2D eigenvalue weighted by Gasteiger charge is -2.17. The Hall–Kier alpha value is -1.89. The number of aliphatic hydroxyl groups is 1. The number of pyridine rings is 1. The van der Waals surface area contributed by atoms with Gasteiger partial charge in [-0.1, -0.05) is 13.8 Å². The zero-order chi connectivity index (χ0) is 15.0. The third-order valence-corrected chi connectivity index (χ3v) is 2.94. The molecule has 3 N–H and O–H groups in total. The van der Waals surface area contributed by atoms with Gasteiger partial charge in [-0.15, -0.1) is 0 Å². The number of rotatable bonds is 9.